The molecule has 4 fully saturated rings. The van der Waals surface area contributed by atoms with Crippen LogP contribution in [-0.4, -0.2) is 63.0 Å². The Hall–Kier alpha value is -2.98. The van der Waals surface area contributed by atoms with E-state index in [0.29, 0.717) is 42.3 Å². The SMILES string of the molecule is COCCNC(=O)c1nc(-c2cnc3[nH]ccc3c2NC2[C@@H]3CC4C[C@H]2CC(O)(C4)C3)no1. The van der Waals surface area contributed by atoms with Gasteiger partial charge in [0.1, 0.15) is 5.65 Å². The first kappa shape index (κ1) is 20.6. The van der Waals surface area contributed by atoms with E-state index in [1.165, 1.54) is 0 Å². The Morgan fingerprint density at radius 1 is 1.33 bits per heavy atom. The van der Waals surface area contributed by atoms with E-state index in [2.05, 4.69) is 30.7 Å². The molecule has 0 radical (unpaired) electrons. The third kappa shape index (κ3) is 3.57. The van der Waals surface area contributed by atoms with E-state index in [0.717, 1.165) is 48.8 Å². The van der Waals surface area contributed by atoms with Gasteiger partial charge in [-0.15, -0.1) is 0 Å². The van der Waals surface area contributed by atoms with E-state index in [4.69, 9.17) is 9.26 Å². The van der Waals surface area contributed by atoms with Gasteiger partial charge in [-0.2, -0.15) is 4.98 Å². The van der Waals surface area contributed by atoms with Crippen molar-refractivity contribution in [1.82, 2.24) is 25.4 Å². The predicted molar refractivity (Wildman–Crippen MR) is 120 cm³/mol. The molecule has 5 atom stereocenters. The number of anilines is 1. The Balaban J connectivity index is 1.32. The van der Waals surface area contributed by atoms with Gasteiger partial charge in [0.15, 0.2) is 0 Å². The van der Waals surface area contributed by atoms with Crippen LogP contribution in [0.15, 0.2) is 23.0 Å². The van der Waals surface area contributed by atoms with Crippen molar-refractivity contribution in [3.63, 3.8) is 0 Å². The molecule has 0 aromatic carbocycles. The number of hydrogen-bond acceptors (Lipinski definition) is 8. The molecule has 10 nitrogen and oxygen atoms in total. The summed E-state index contributed by atoms with van der Waals surface area (Å²) in [5.41, 5.74) is 1.86. The Morgan fingerprint density at radius 3 is 2.91 bits per heavy atom. The average molecular weight is 453 g/mol. The molecule has 3 heterocycles. The van der Waals surface area contributed by atoms with E-state index in [1.807, 2.05) is 12.3 Å². The van der Waals surface area contributed by atoms with Crippen LogP contribution in [0.4, 0.5) is 5.69 Å². The van der Waals surface area contributed by atoms with Crippen LogP contribution in [0.25, 0.3) is 22.4 Å². The van der Waals surface area contributed by atoms with E-state index in [-0.39, 0.29) is 11.9 Å². The zero-order valence-electron chi connectivity index (χ0n) is 18.5. The molecule has 4 aliphatic rings. The minimum Gasteiger partial charge on any atom is -0.390 e. The first-order chi connectivity index (χ1) is 16.0. The number of ether oxygens (including phenoxy) is 1. The van der Waals surface area contributed by atoms with Gasteiger partial charge >= 0.3 is 11.8 Å². The summed E-state index contributed by atoms with van der Waals surface area (Å²) < 4.78 is 10.2. The van der Waals surface area contributed by atoms with Gasteiger partial charge in [0.2, 0.25) is 5.82 Å². The topological polar surface area (TPSA) is 138 Å². The average Bonchev–Trinajstić information content (AvgIpc) is 3.45. The number of pyridine rings is 1. The summed E-state index contributed by atoms with van der Waals surface area (Å²) in [6.07, 6.45) is 8.53. The molecule has 0 saturated heterocycles. The molecule has 7 rings (SSSR count). The van der Waals surface area contributed by atoms with Crippen LogP contribution in [0.3, 0.4) is 0 Å². The minimum absolute atomic E-state index is 0.0990. The molecule has 4 saturated carbocycles. The number of rotatable bonds is 7. The van der Waals surface area contributed by atoms with Gasteiger partial charge in [-0.3, -0.25) is 4.79 Å². The molecular weight excluding hydrogens is 424 g/mol. The normalized spacial score (nSPS) is 30.1. The number of carbonyl (C=O) groups is 1. The number of methoxy groups -OCH3 is 1. The zero-order chi connectivity index (χ0) is 22.6. The lowest BCUT2D eigenvalue weighted by Crippen LogP contribution is -2.59. The lowest BCUT2D eigenvalue weighted by atomic mass is 9.52. The monoisotopic (exact) mass is 452 g/mol. The molecule has 4 aliphatic carbocycles. The van der Waals surface area contributed by atoms with E-state index in [1.54, 1.807) is 13.3 Å². The highest BCUT2D eigenvalue weighted by Crippen LogP contribution is 2.56. The maximum Gasteiger partial charge on any atom is 0.316 e. The number of nitrogens with one attached hydrogen (secondary N) is 3. The van der Waals surface area contributed by atoms with Crippen molar-refractivity contribution >= 4 is 22.6 Å². The Kier molecular flexibility index (Phi) is 4.88. The first-order valence-electron chi connectivity index (χ1n) is 11.6. The van der Waals surface area contributed by atoms with Crippen molar-refractivity contribution in [1.29, 1.82) is 0 Å². The van der Waals surface area contributed by atoms with Gasteiger partial charge in [0.05, 0.1) is 23.5 Å². The molecule has 174 valence electrons. The smallest absolute Gasteiger partial charge is 0.316 e. The molecule has 3 unspecified atom stereocenters. The van der Waals surface area contributed by atoms with E-state index >= 15 is 0 Å². The summed E-state index contributed by atoms with van der Waals surface area (Å²) in [4.78, 5) is 24.3. The van der Waals surface area contributed by atoms with Crippen molar-refractivity contribution in [3.8, 4) is 11.4 Å². The molecule has 4 N–H and O–H groups in total. The maximum atomic E-state index is 12.3. The number of H-pyrrole nitrogens is 1. The van der Waals surface area contributed by atoms with Crippen LogP contribution in [0.5, 0.6) is 0 Å². The fraction of sp³-hybridized carbons (Fsp3) is 0.565. The third-order valence-electron chi connectivity index (χ3n) is 7.59. The largest absolute Gasteiger partial charge is 0.390 e. The number of nitrogens with zero attached hydrogens (tertiary/aromatic N) is 3. The van der Waals surface area contributed by atoms with Gasteiger partial charge in [0, 0.05) is 37.5 Å². The number of hydrogen-bond donors (Lipinski definition) is 4. The number of amides is 1. The quantitative estimate of drug-likeness (QED) is 0.401. The molecule has 0 spiro atoms. The Labute approximate surface area is 190 Å². The molecule has 0 aliphatic heterocycles. The molecular formula is C23H28N6O4. The standard InChI is InChI=1S/C23H28N6O4/c1-32-5-4-25-21(30)22-28-20(29-33-22)16-11-26-19-15(2-3-24-19)18(16)27-17-13-6-12-7-14(17)10-23(31,8-12)9-13/h2-3,11-14,17,31H,4-10H2,1H3,(H,25,30)(H2,24,26,27)/t12?,13-,14+,17?,23?. The van der Waals surface area contributed by atoms with Gasteiger partial charge < -0.3 is 30.0 Å². The number of aliphatic hydroxyl groups is 1. The fourth-order valence-corrected chi connectivity index (χ4v) is 6.48. The van der Waals surface area contributed by atoms with Crippen LogP contribution in [0.2, 0.25) is 0 Å². The van der Waals surface area contributed by atoms with Crippen molar-refractivity contribution in [3.05, 3.63) is 24.4 Å². The Bertz CT molecular complexity index is 1170. The Morgan fingerprint density at radius 2 is 2.15 bits per heavy atom. The summed E-state index contributed by atoms with van der Waals surface area (Å²) >= 11 is 0. The number of aromatic nitrogens is 4. The molecule has 10 heteroatoms. The molecule has 3 aromatic heterocycles. The van der Waals surface area contributed by atoms with Crippen molar-refractivity contribution in [2.75, 3.05) is 25.6 Å². The molecule has 4 bridgehead atoms. The van der Waals surface area contributed by atoms with Crippen molar-refractivity contribution in [2.45, 2.75) is 43.7 Å². The zero-order valence-corrected chi connectivity index (χ0v) is 18.5. The first-order valence-corrected chi connectivity index (χ1v) is 11.6. The third-order valence-corrected chi connectivity index (χ3v) is 7.59. The lowest BCUT2D eigenvalue weighted by Gasteiger charge is -2.58. The van der Waals surface area contributed by atoms with Gasteiger partial charge in [-0.1, -0.05) is 5.16 Å². The van der Waals surface area contributed by atoms with Crippen LogP contribution in [0, 0.1) is 17.8 Å². The van der Waals surface area contributed by atoms with Crippen LogP contribution < -0.4 is 10.6 Å². The predicted octanol–water partition coefficient (Wildman–Crippen LogP) is 2.34. The highest BCUT2D eigenvalue weighted by molar-refractivity contribution is 5.97. The van der Waals surface area contributed by atoms with Crippen molar-refractivity contribution < 1.29 is 19.2 Å². The number of carbonyl (C=O) groups excluding carboxylic acids is 1. The van der Waals surface area contributed by atoms with Gasteiger partial charge in [0.25, 0.3) is 0 Å². The molecule has 33 heavy (non-hydrogen) atoms. The fourth-order valence-electron chi connectivity index (χ4n) is 6.48. The molecule has 1 amide bonds. The summed E-state index contributed by atoms with van der Waals surface area (Å²) in [6.45, 7) is 0.753. The van der Waals surface area contributed by atoms with E-state index in [9.17, 15) is 9.90 Å². The van der Waals surface area contributed by atoms with Crippen LogP contribution in [-0.2, 0) is 4.74 Å². The highest BCUT2D eigenvalue weighted by atomic mass is 16.5. The highest BCUT2D eigenvalue weighted by Gasteiger charge is 2.54. The second-order valence-corrected chi connectivity index (χ2v) is 9.82. The number of aromatic amines is 1. The summed E-state index contributed by atoms with van der Waals surface area (Å²) in [5.74, 6) is 1.27. The summed E-state index contributed by atoms with van der Waals surface area (Å²) in [5, 5.41) is 22.5. The lowest BCUT2D eigenvalue weighted by molar-refractivity contribution is -0.129. The molecule has 3 aromatic rings. The second kappa shape index (κ2) is 7.81. The summed E-state index contributed by atoms with van der Waals surface area (Å²) in [6, 6.07) is 2.25. The van der Waals surface area contributed by atoms with Crippen LogP contribution in [0.1, 0.15) is 42.8 Å². The number of fused-ring (bicyclic) bond motifs is 1. The van der Waals surface area contributed by atoms with E-state index < -0.39 is 11.5 Å². The minimum atomic E-state index is -0.488. The maximum absolute atomic E-state index is 12.3. The second-order valence-electron chi connectivity index (χ2n) is 9.82. The van der Waals surface area contributed by atoms with Crippen molar-refractivity contribution in [2.24, 2.45) is 17.8 Å². The van der Waals surface area contributed by atoms with Gasteiger partial charge in [-0.05, 0) is 55.9 Å². The van der Waals surface area contributed by atoms with Crippen LogP contribution >= 0.6 is 0 Å². The van der Waals surface area contributed by atoms with Gasteiger partial charge in [-0.25, -0.2) is 4.98 Å². The summed E-state index contributed by atoms with van der Waals surface area (Å²) in [7, 11) is 1.57.